The average Bonchev–Trinajstić information content (AvgIpc) is 2.86. The van der Waals surface area contributed by atoms with Crippen molar-refractivity contribution in [3.63, 3.8) is 0 Å². The molecule has 1 aromatic heterocycles. The van der Waals surface area contributed by atoms with Crippen molar-refractivity contribution in [3.05, 3.63) is 53.6 Å². The molecule has 3 nitrogen and oxygen atoms in total. The molecular weight excluding hydrogens is 292 g/mol. The van der Waals surface area contributed by atoms with Gasteiger partial charge in [0.15, 0.2) is 5.16 Å². The SMILES string of the molecule is NCCc1cc(F)c(Sc2nc3ccccc3[nH]2)c(F)c1. The zero-order chi connectivity index (χ0) is 14.8. The van der Waals surface area contributed by atoms with Gasteiger partial charge in [0.1, 0.15) is 11.6 Å². The minimum absolute atomic E-state index is 0.0603. The van der Waals surface area contributed by atoms with E-state index in [4.69, 9.17) is 5.73 Å². The molecule has 21 heavy (non-hydrogen) atoms. The van der Waals surface area contributed by atoms with Crippen LogP contribution in [0.1, 0.15) is 5.56 Å². The van der Waals surface area contributed by atoms with Gasteiger partial charge in [-0.1, -0.05) is 12.1 Å². The first-order chi connectivity index (χ1) is 10.2. The average molecular weight is 305 g/mol. The van der Waals surface area contributed by atoms with Crippen LogP contribution in [0.15, 0.2) is 46.5 Å². The molecule has 0 amide bonds. The number of rotatable bonds is 4. The third-order valence-corrected chi connectivity index (χ3v) is 4.04. The number of fused-ring (bicyclic) bond motifs is 1. The number of benzene rings is 2. The number of hydrogen-bond acceptors (Lipinski definition) is 3. The third-order valence-electron chi connectivity index (χ3n) is 3.06. The Kier molecular flexibility index (Phi) is 3.90. The van der Waals surface area contributed by atoms with E-state index in [1.54, 1.807) is 0 Å². The maximum atomic E-state index is 14.0. The molecule has 0 bridgehead atoms. The molecule has 3 N–H and O–H groups in total. The van der Waals surface area contributed by atoms with Crippen molar-refractivity contribution in [2.24, 2.45) is 5.73 Å². The molecule has 0 aliphatic heterocycles. The van der Waals surface area contributed by atoms with Crippen LogP contribution >= 0.6 is 11.8 Å². The van der Waals surface area contributed by atoms with E-state index in [1.165, 1.54) is 12.1 Å². The van der Waals surface area contributed by atoms with Crippen LogP contribution < -0.4 is 5.73 Å². The molecule has 0 spiro atoms. The fourth-order valence-corrected chi connectivity index (χ4v) is 2.91. The van der Waals surface area contributed by atoms with Crippen molar-refractivity contribution in [2.45, 2.75) is 16.5 Å². The van der Waals surface area contributed by atoms with E-state index in [-0.39, 0.29) is 4.90 Å². The molecule has 0 aliphatic rings. The summed E-state index contributed by atoms with van der Waals surface area (Å²) in [5, 5.41) is 0.459. The lowest BCUT2D eigenvalue weighted by molar-refractivity contribution is 0.537. The van der Waals surface area contributed by atoms with Gasteiger partial charge < -0.3 is 10.7 Å². The Hall–Kier alpha value is -1.92. The lowest BCUT2D eigenvalue weighted by Crippen LogP contribution is -2.04. The Morgan fingerprint density at radius 2 is 1.86 bits per heavy atom. The van der Waals surface area contributed by atoms with Crippen molar-refractivity contribution in [1.29, 1.82) is 0 Å². The number of hydrogen-bond donors (Lipinski definition) is 2. The highest BCUT2D eigenvalue weighted by molar-refractivity contribution is 7.99. The lowest BCUT2D eigenvalue weighted by atomic mass is 10.1. The zero-order valence-electron chi connectivity index (χ0n) is 11.1. The number of halogens is 2. The van der Waals surface area contributed by atoms with Gasteiger partial charge in [0.05, 0.1) is 15.9 Å². The van der Waals surface area contributed by atoms with E-state index in [9.17, 15) is 8.78 Å². The second-order valence-corrected chi connectivity index (χ2v) is 5.59. The van der Waals surface area contributed by atoms with Crippen LogP contribution in [0.5, 0.6) is 0 Å². The second-order valence-electron chi connectivity index (χ2n) is 4.59. The van der Waals surface area contributed by atoms with Crippen molar-refractivity contribution < 1.29 is 8.78 Å². The maximum absolute atomic E-state index is 14.0. The topological polar surface area (TPSA) is 54.7 Å². The van der Waals surface area contributed by atoms with Gasteiger partial charge in [-0.2, -0.15) is 0 Å². The van der Waals surface area contributed by atoms with E-state index in [2.05, 4.69) is 9.97 Å². The van der Waals surface area contributed by atoms with E-state index >= 15 is 0 Å². The van der Waals surface area contributed by atoms with E-state index in [1.807, 2.05) is 24.3 Å². The van der Waals surface area contributed by atoms with Gasteiger partial charge in [-0.25, -0.2) is 13.8 Å². The molecular formula is C15H13F2N3S. The first-order valence-corrected chi connectivity index (χ1v) is 7.29. The van der Waals surface area contributed by atoms with Gasteiger partial charge in [-0.05, 0) is 54.6 Å². The number of nitrogens with zero attached hydrogens (tertiary/aromatic N) is 1. The van der Waals surface area contributed by atoms with Crippen molar-refractivity contribution in [3.8, 4) is 0 Å². The number of aromatic nitrogens is 2. The predicted octanol–water partition coefficient (Wildman–Crippen LogP) is 3.49. The minimum atomic E-state index is -0.594. The number of nitrogens with two attached hydrogens (primary N) is 1. The maximum Gasteiger partial charge on any atom is 0.171 e. The summed E-state index contributed by atoms with van der Waals surface area (Å²) in [6.45, 7) is 0.356. The Labute approximate surface area is 124 Å². The Morgan fingerprint density at radius 3 is 2.52 bits per heavy atom. The number of imidazole rings is 1. The van der Waals surface area contributed by atoms with Crippen molar-refractivity contribution in [2.75, 3.05) is 6.54 Å². The third kappa shape index (κ3) is 2.91. The van der Waals surface area contributed by atoms with E-state index in [0.717, 1.165) is 22.8 Å². The first-order valence-electron chi connectivity index (χ1n) is 6.48. The highest BCUT2D eigenvalue weighted by Gasteiger charge is 2.14. The lowest BCUT2D eigenvalue weighted by Gasteiger charge is -2.05. The zero-order valence-corrected chi connectivity index (χ0v) is 11.9. The molecule has 3 aromatic rings. The molecule has 0 atom stereocenters. The standard InChI is InChI=1S/C15H13F2N3S/c16-10-7-9(5-6-18)8-11(17)14(10)21-15-19-12-3-1-2-4-13(12)20-15/h1-4,7-8H,5-6,18H2,(H,19,20). The summed E-state index contributed by atoms with van der Waals surface area (Å²) in [7, 11) is 0. The molecule has 6 heteroatoms. The Morgan fingerprint density at radius 1 is 1.14 bits per heavy atom. The number of nitrogens with one attached hydrogen (secondary N) is 1. The number of para-hydroxylation sites is 2. The summed E-state index contributed by atoms with van der Waals surface area (Å²) < 4.78 is 28.1. The number of H-pyrrole nitrogens is 1. The molecule has 2 aromatic carbocycles. The predicted molar refractivity (Wildman–Crippen MR) is 79.3 cm³/mol. The Balaban J connectivity index is 1.93. The monoisotopic (exact) mass is 305 g/mol. The van der Waals surface area contributed by atoms with Crippen molar-refractivity contribution >= 4 is 22.8 Å². The molecule has 0 radical (unpaired) electrons. The summed E-state index contributed by atoms with van der Waals surface area (Å²) in [5.41, 5.74) is 7.56. The van der Waals surface area contributed by atoms with Gasteiger partial charge in [-0.3, -0.25) is 0 Å². The molecule has 0 fully saturated rings. The molecule has 3 rings (SSSR count). The molecule has 0 aliphatic carbocycles. The Bertz CT molecular complexity index is 729. The molecule has 1 heterocycles. The molecule has 0 saturated heterocycles. The normalized spacial score (nSPS) is 11.2. The summed E-state index contributed by atoms with van der Waals surface area (Å²) >= 11 is 0.945. The van der Waals surface area contributed by atoms with Crippen LogP contribution in [-0.2, 0) is 6.42 Å². The van der Waals surface area contributed by atoms with Crippen LogP contribution in [0.4, 0.5) is 8.78 Å². The van der Waals surface area contributed by atoms with Crippen molar-refractivity contribution in [1.82, 2.24) is 9.97 Å². The van der Waals surface area contributed by atoms with Gasteiger partial charge in [0.2, 0.25) is 0 Å². The smallest absolute Gasteiger partial charge is 0.171 e. The van der Waals surface area contributed by atoms with Crippen LogP contribution in [-0.4, -0.2) is 16.5 Å². The summed E-state index contributed by atoms with van der Waals surface area (Å²) in [6, 6.07) is 10.1. The van der Waals surface area contributed by atoms with Crippen LogP contribution in [0.3, 0.4) is 0 Å². The van der Waals surface area contributed by atoms with Crippen LogP contribution in [0.2, 0.25) is 0 Å². The summed E-state index contributed by atoms with van der Waals surface area (Å²) in [4.78, 5) is 7.28. The van der Waals surface area contributed by atoms with Gasteiger partial charge in [-0.15, -0.1) is 0 Å². The molecule has 108 valence electrons. The quantitative estimate of drug-likeness (QED) is 0.776. The first kappa shape index (κ1) is 14.0. The summed E-state index contributed by atoms with van der Waals surface area (Å²) in [5.74, 6) is -1.19. The van der Waals surface area contributed by atoms with Crippen LogP contribution in [0.25, 0.3) is 11.0 Å². The molecule has 0 unspecified atom stereocenters. The van der Waals surface area contributed by atoms with E-state index in [0.29, 0.717) is 23.7 Å². The highest BCUT2D eigenvalue weighted by Crippen LogP contribution is 2.32. The largest absolute Gasteiger partial charge is 0.333 e. The van der Waals surface area contributed by atoms with Gasteiger partial charge >= 0.3 is 0 Å². The minimum Gasteiger partial charge on any atom is -0.333 e. The van der Waals surface area contributed by atoms with Gasteiger partial charge in [0, 0.05) is 0 Å². The van der Waals surface area contributed by atoms with Crippen LogP contribution in [0, 0.1) is 11.6 Å². The van der Waals surface area contributed by atoms with E-state index < -0.39 is 11.6 Å². The van der Waals surface area contributed by atoms with Gasteiger partial charge in [0.25, 0.3) is 0 Å². The number of aromatic amines is 1. The summed E-state index contributed by atoms with van der Waals surface area (Å²) in [6.07, 6.45) is 0.448. The highest BCUT2D eigenvalue weighted by atomic mass is 32.2. The fourth-order valence-electron chi connectivity index (χ4n) is 2.10. The molecule has 0 saturated carbocycles. The second kappa shape index (κ2) is 5.83. The fraction of sp³-hybridized carbons (Fsp3) is 0.133.